The van der Waals surface area contributed by atoms with E-state index in [2.05, 4.69) is 27.1 Å². The van der Waals surface area contributed by atoms with Gasteiger partial charge in [-0.25, -0.2) is 4.98 Å². The van der Waals surface area contributed by atoms with Crippen molar-refractivity contribution in [2.75, 3.05) is 0 Å². The van der Waals surface area contributed by atoms with E-state index in [9.17, 15) is 0 Å². The highest BCUT2D eigenvalue weighted by atomic mass is 32.1. The van der Waals surface area contributed by atoms with Crippen LogP contribution in [-0.2, 0) is 6.42 Å². The van der Waals surface area contributed by atoms with Crippen LogP contribution in [0.25, 0.3) is 11.4 Å². The molecule has 3 rings (SSSR count). The summed E-state index contributed by atoms with van der Waals surface area (Å²) in [6.45, 7) is 0. The van der Waals surface area contributed by atoms with Gasteiger partial charge >= 0.3 is 0 Å². The molecule has 0 spiro atoms. The lowest BCUT2D eigenvalue weighted by atomic mass is 10.2. The highest BCUT2D eigenvalue weighted by Gasteiger charge is 2.06. The number of hydrogen-bond donors (Lipinski definition) is 0. The Balaban J connectivity index is 1.82. The number of nitrogens with zero attached hydrogens (tertiary/aromatic N) is 3. The monoisotopic (exact) mass is 253 g/mol. The Morgan fingerprint density at radius 3 is 2.67 bits per heavy atom. The van der Waals surface area contributed by atoms with Crippen LogP contribution in [0, 0.1) is 0 Å². The lowest BCUT2D eigenvalue weighted by Gasteiger charge is -1.96. The Morgan fingerprint density at radius 1 is 1.00 bits per heavy atom. The molecular weight excluding hydrogens is 242 g/mol. The molecule has 88 valence electrons. The largest absolute Gasteiger partial charge is 0.261 e. The predicted octanol–water partition coefficient (Wildman–Crippen LogP) is 3.19. The first-order chi connectivity index (χ1) is 8.92. The van der Waals surface area contributed by atoms with Crippen molar-refractivity contribution in [1.29, 1.82) is 0 Å². The van der Waals surface area contributed by atoms with E-state index in [4.69, 9.17) is 0 Å². The molecule has 18 heavy (non-hydrogen) atoms. The van der Waals surface area contributed by atoms with Gasteiger partial charge in [0.2, 0.25) is 0 Å². The summed E-state index contributed by atoms with van der Waals surface area (Å²) in [4.78, 5) is 12.9. The Kier molecular flexibility index (Phi) is 3.10. The van der Waals surface area contributed by atoms with E-state index in [1.165, 1.54) is 5.56 Å². The Morgan fingerprint density at radius 2 is 1.89 bits per heavy atom. The maximum Gasteiger partial charge on any atom is 0.108 e. The van der Waals surface area contributed by atoms with Crippen LogP contribution in [-0.4, -0.2) is 15.0 Å². The molecule has 0 fully saturated rings. The third kappa shape index (κ3) is 2.43. The van der Waals surface area contributed by atoms with Crippen LogP contribution in [0.2, 0.25) is 0 Å². The van der Waals surface area contributed by atoms with Gasteiger partial charge in [0.15, 0.2) is 0 Å². The van der Waals surface area contributed by atoms with Gasteiger partial charge in [-0.05, 0) is 5.56 Å². The van der Waals surface area contributed by atoms with Crippen molar-refractivity contribution in [3.63, 3.8) is 0 Å². The van der Waals surface area contributed by atoms with Crippen molar-refractivity contribution >= 4 is 11.3 Å². The highest BCUT2D eigenvalue weighted by molar-refractivity contribution is 7.10. The van der Waals surface area contributed by atoms with Crippen LogP contribution in [0.15, 0.2) is 54.3 Å². The number of benzene rings is 1. The minimum Gasteiger partial charge on any atom is -0.261 e. The summed E-state index contributed by atoms with van der Waals surface area (Å²) in [6.07, 6.45) is 5.96. The molecule has 0 aliphatic heterocycles. The van der Waals surface area contributed by atoms with Crippen molar-refractivity contribution in [3.8, 4) is 11.4 Å². The zero-order valence-corrected chi connectivity index (χ0v) is 10.5. The summed E-state index contributed by atoms with van der Waals surface area (Å²) in [6, 6.07) is 10.3. The molecule has 2 aromatic heterocycles. The standard InChI is InChI=1S/C14H11N3S/c1-2-4-11(5-3-1)8-14-17-13(10-18-14)12-9-15-6-7-16-12/h1-7,9-10H,8H2. The molecule has 0 radical (unpaired) electrons. The Bertz CT molecular complexity index is 620. The normalized spacial score (nSPS) is 10.4. The summed E-state index contributed by atoms with van der Waals surface area (Å²) in [7, 11) is 0. The Labute approximate surface area is 109 Å². The molecule has 3 nitrogen and oxygen atoms in total. The lowest BCUT2D eigenvalue weighted by molar-refractivity contribution is 1.12. The topological polar surface area (TPSA) is 38.7 Å². The van der Waals surface area contributed by atoms with Gasteiger partial charge in [-0.2, -0.15) is 0 Å². The van der Waals surface area contributed by atoms with Crippen molar-refractivity contribution in [2.24, 2.45) is 0 Å². The average molecular weight is 253 g/mol. The van der Waals surface area contributed by atoms with Crippen molar-refractivity contribution in [2.45, 2.75) is 6.42 Å². The van der Waals surface area contributed by atoms with Gasteiger partial charge in [0.05, 0.1) is 11.2 Å². The smallest absolute Gasteiger partial charge is 0.108 e. The van der Waals surface area contributed by atoms with Crippen LogP contribution in [0.3, 0.4) is 0 Å². The van der Waals surface area contributed by atoms with Crippen LogP contribution < -0.4 is 0 Å². The number of hydrogen-bond acceptors (Lipinski definition) is 4. The quantitative estimate of drug-likeness (QED) is 0.719. The first-order valence-corrected chi connectivity index (χ1v) is 6.54. The third-order valence-electron chi connectivity index (χ3n) is 2.58. The molecule has 4 heteroatoms. The summed E-state index contributed by atoms with van der Waals surface area (Å²) in [5.74, 6) is 0. The second kappa shape index (κ2) is 5.06. The van der Waals surface area contributed by atoms with Crippen LogP contribution in [0.1, 0.15) is 10.6 Å². The van der Waals surface area contributed by atoms with Gasteiger partial charge in [-0.15, -0.1) is 11.3 Å². The maximum absolute atomic E-state index is 4.59. The molecule has 2 heterocycles. The van der Waals surface area contributed by atoms with Crippen molar-refractivity contribution in [3.05, 3.63) is 64.9 Å². The lowest BCUT2D eigenvalue weighted by Crippen LogP contribution is -1.88. The fraction of sp³-hybridized carbons (Fsp3) is 0.0714. The molecule has 0 aliphatic rings. The van der Waals surface area contributed by atoms with E-state index in [-0.39, 0.29) is 0 Å². The molecule has 3 aromatic rings. The first kappa shape index (κ1) is 11.0. The van der Waals surface area contributed by atoms with Gasteiger partial charge in [0, 0.05) is 24.2 Å². The number of rotatable bonds is 3. The molecule has 0 bridgehead atoms. The Hall–Kier alpha value is -2.07. The van der Waals surface area contributed by atoms with Gasteiger partial charge in [-0.1, -0.05) is 30.3 Å². The second-order valence-electron chi connectivity index (χ2n) is 3.88. The molecule has 0 aliphatic carbocycles. The number of thiazole rings is 1. The van der Waals surface area contributed by atoms with E-state index in [0.29, 0.717) is 0 Å². The summed E-state index contributed by atoms with van der Waals surface area (Å²) < 4.78 is 0. The SMILES string of the molecule is c1ccc(Cc2nc(-c3cnccn3)cs2)cc1. The van der Waals surface area contributed by atoms with Crippen molar-refractivity contribution in [1.82, 2.24) is 15.0 Å². The van der Waals surface area contributed by atoms with E-state index in [1.54, 1.807) is 29.9 Å². The summed E-state index contributed by atoms with van der Waals surface area (Å²) in [5.41, 5.74) is 3.00. The van der Waals surface area contributed by atoms with Crippen LogP contribution in [0.5, 0.6) is 0 Å². The molecule has 1 aromatic carbocycles. The fourth-order valence-corrected chi connectivity index (χ4v) is 2.53. The summed E-state index contributed by atoms with van der Waals surface area (Å²) >= 11 is 1.66. The third-order valence-corrected chi connectivity index (χ3v) is 3.42. The molecule has 0 atom stereocenters. The van der Waals surface area contributed by atoms with Gasteiger partial charge in [0.25, 0.3) is 0 Å². The maximum atomic E-state index is 4.59. The van der Waals surface area contributed by atoms with E-state index < -0.39 is 0 Å². The zero-order valence-electron chi connectivity index (χ0n) is 9.65. The molecule has 0 saturated carbocycles. The van der Waals surface area contributed by atoms with Crippen molar-refractivity contribution < 1.29 is 0 Å². The molecule has 0 N–H and O–H groups in total. The second-order valence-corrected chi connectivity index (χ2v) is 4.82. The van der Waals surface area contributed by atoms with E-state index in [0.717, 1.165) is 22.8 Å². The van der Waals surface area contributed by atoms with Crippen LogP contribution in [0.4, 0.5) is 0 Å². The molecular formula is C14H11N3S. The van der Waals surface area contributed by atoms with Gasteiger partial charge < -0.3 is 0 Å². The van der Waals surface area contributed by atoms with Gasteiger partial charge in [0.1, 0.15) is 11.4 Å². The van der Waals surface area contributed by atoms with Crippen LogP contribution >= 0.6 is 11.3 Å². The number of aromatic nitrogens is 3. The van der Waals surface area contributed by atoms with E-state index >= 15 is 0 Å². The summed E-state index contributed by atoms with van der Waals surface area (Å²) in [5, 5.41) is 3.13. The van der Waals surface area contributed by atoms with E-state index in [1.807, 2.05) is 23.6 Å². The fourth-order valence-electron chi connectivity index (χ4n) is 1.71. The molecule has 0 amide bonds. The zero-order chi connectivity index (χ0) is 12.2. The minimum absolute atomic E-state index is 0.827. The van der Waals surface area contributed by atoms with Gasteiger partial charge in [-0.3, -0.25) is 9.97 Å². The molecule has 0 saturated heterocycles. The predicted molar refractivity (Wildman–Crippen MR) is 72.4 cm³/mol. The average Bonchev–Trinajstić information content (AvgIpc) is 2.89. The highest BCUT2D eigenvalue weighted by Crippen LogP contribution is 2.21. The molecule has 0 unspecified atom stereocenters. The first-order valence-electron chi connectivity index (χ1n) is 5.66. The minimum atomic E-state index is 0.827.